The predicted molar refractivity (Wildman–Crippen MR) is 128 cm³/mol. The lowest BCUT2D eigenvalue weighted by Gasteiger charge is -2.27. The molecule has 184 valence electrons. The summed E-state index contributed by atoms with van der Waals surface area (Å²) in [6.07, 6.45) is 5.26. The van der Waals surface area contributed by atoms with Crippen molar-refractivity contribution in [2.24, 2.45) is 0 Å². The molecule has 1 aliphatic heterocycles. The first-order chi connectivity index (χ1) is 16.4. The Labute approximate surface area is 201 Å². The molecular weight excluding hydrogens is 456 g/mol. The van der Waals surface area contributed by atoms with Crippen LogP contribution in [0.25, 0.3) is 0 Å². The Morgan fingerprint density at radius 1 is 0.912 bits per heavy atom. The number of benzene rings is 2. The number of nitrogens with zero attached hydrogens (tertiary/aromatic N) is 1. The number of sulfonamides is 1. The highest BCUT2D eigenvalue weighted by Crippen LogP contribution is 2.40. The molecule has 0 aromatic heterocycles. The SMILES string of the molecule is COc1ccc(OC)c([C@@H]2CCCN2C(=O)c2ccc(OC)c(S(=O)(=O)NC3CCCC3)c2)c1. The van der Waals surface area contributed by atoms with Gasteiger partial charge in [0.2, 0.25) is 10.0 Å². The summed E-state index contributed by atoms with van der Waals surface area (Å²) < 4.78 is 45.4. The molecule has 1 N–H and O–H groups in total. The first kappa shape index (κ1) is 24.3. The number of methoxy groups -OCH3 is 3. The molecule has 2 aromatic rings. The number of ether oxygens (including phenoxy) is 3. The molecule has 0 spiro atoms. The maximum Gasteiger partial charge on any atom is 0.254 e. The number of amides is 1. The van der Waals surface area contributed by atoms with Gasteiger partial charge in [-0.3, -0.25) is 4.79 Å². The molecule has 0 unspecified atom stereocenters. The summed E-state index contributed by atoms with van der Waals surface area (Å²) in [6, 6.07) is 9.86. The first-order valence-corrected chi connectivity index (χ1v) is 13.1. The zero-order valence-electron chi connectivity index (χ0n) is 19.9. The van der Waals surface area contributed by atoms with Gasteiger partial charge >= 0.3 is 0 Å². The molecule has 1 amide bonds. The van der Waals surface area contributed by atoms with E-state index in [-0.39, 0.29) is 28.6 Å². The van der Waals surface area contributed by atoms with Crippen LogP contribution in [0.1, 0.15) is 60.5 Å². The number of hydrogen-bond donors (Lipinski definition) is 1. The molecule has 4 rings (SSSR count). The standard InChI is InChI=1S/C25H32N2O6S/c1-31-19-11-13-22(32-2)20(16-19)21-9-6-14-27(21)25(28)17-10-12-23(33-3)24(15-17)34(29,30)26-18-7-4-5-8-18/h10-13,15-16,18,21,26H,4-9,14H2,1-3H3/t21-/m0/s1. The van der Waals surface area contributed by atoms with Gasteiger partial charge < -0.3 is 19.1 Å². The van der Waals surface area contributed by atoms with Gasteiger partial charge in [0.25, 0.3) is 5.91 Å². The molecule has 1 aliphatic carbocycles. The predicted octanol–water partition coefficient (Wildman–Crippen LogP) is 3.91. The van der Waals surface area contributed by atoms with E-state index in [0.717, 1.165) is 44.1 Å². The summed E-state index contributed by atoms with van der Waals surface area (Å²) in [4.78, 5) is 15.4. The van der Waals surface area contributed by atoms with E-state index in [0.29, 0.717) is 23.6 Å². The van der Waals surface area contributed by atoms with Crippen LogP contribution in [0, 0.1) is 0 Å². The minimum atomic E-state index is -3.83. The molecular formula is C25H32N2O6S. The lowest BCUT2D eigenvalue weighted by molar-refractivity contribution is 0.0733. The van der Waals surface area contributed by atoms with E-state index in [1.807, 2.05) is 18.2 Å². The van der Waals surface area contributed by atoms with Crippen LogP contribution in [-0.2, 0) is 10.0 Å². The molecule has 2 aromatic carbocycles. The van der Waals surface area contributed by atoms with Gasteiger partial charge in [0.05, 0.1) is 27.4 Å². The summed E-state index contributed by atoms with van der Waals surface area (Å²) >= 11 is 0. The zero-order chi connectivity index (χ0) is 24.3. The van der Waals surface area contributed by atoms with Crippen molar-refractivity contribution in [1.29, 1.82) is 0 Å². The van der Waals surface area contributed by atoms with E-state index < -0.39 is 10.0 Å². The quantitative estimate of drug-likeness (QED) is 0.606. The summed E-state index contributed by atoms with van der Waals surface area (Å²) in [5.74, 6) is 1.36. The van der Waals surface area contributed by atoms with Gasteiger partial charge in [0, 0.05) is 23.7 Å². The molecule has 8 nitrogen and oxygen atoms in total. The van der Waals surface area contributed by atoms with Gasteiger partial charge in [0.15, 0.2) is 0 Å². The van der Waals surface area contributed by atoms with E-state index >= 15 is 0 Å². The molecule has 9 heteroatoms. The van der Waals surface area contributed by atoms with Crippen LogP contribution < -0.4 is 18.9 Å². The Morgan fingerprint density at radius 3 is 2.29 bits per heavy atom. The van der Waals surface area contributed by atoms with Gasteiger partial charge in [-0.2, -0.15) is 0 Å². The van der Waals surface area contributed by atoms with E-state index in [9.17, 15) is 13.2 Å². The second-order valence-corrected chi connectivity index (χ2v) is 10.4. The Hall–Kier alpha value is -2.78. The van der Waals surface area contributed by atoms with Crippen molar-refractivity contribution in [2.75, 3.05) is 27.9 Å². The number of carbonyl (C=O) groups is 1. The summed E-state index contributed by atoms with van der Waals surface area (Å²) in [6.45, 7) is 0.568. The fourth-order valence-corrected chi connectivity index (χ4v) is 6.44. The molecule has 2 aliphatic rings. The van der Waals surface area contributed by atoms with E-state index in [4.69, 9.17) is 14.2 Å². The number of hydrogen-bond acceptors (Lipinski definition) is 6. The van der Waals surface area contributed by atoms with E-state index in [2.05, 4.69) is 4.72 Å². The second kappa shape index (κ2) is 10.2. The summed E-state index contributed by atoms with van der Waals surface area (Å²) in [5.41, 5.74) is 1.18. The normalized spacial score (nSPS) is 18.8. The molecule has 1 atom stereocenters. The highest BCUT2D eigenvalue weighted by atomic mass is 32.2. The van der Waals surface area contributed by atoms with Gasteiger partial charge in [-0.05, 0) is 62.1 Å². The van der Waals surface area contributed by atoms with Crippen molar-refractivity contribution < 1.29 is 27.4 Å². The van der Waals surface area contributed by atoms with Crippen LogP contribution in [0.4, 0.5) is 0 Å². The molecule has 0 radical (unpaired) electrons. The van der Waals surface area contributed by atoms with Crippen LogP contribution >= 0.6 is 0 Å². The third-order valence-electron chi connectivity index (χ3n) is 6.69. The Morgan fingerprint density at radius 2 is 1.62 bits per heavy atom. The molecule has 34 heavy (non-hydrogen) atoms. The van der Waals surface area contributed by atoms with E-state index in [1.54, 1.807) is 31.3 Å². The van der Waals surface area contributed by atoms with E-state index in [1.165, 1.54) is 13.2 Å². The first-order valence-electron chi connectivity index (χ1n) is 11.6. The number of nitrogens with one attached hydrogen (secondary N) is 1. The minimum Gasteiger partial charge on any atom is -0.497 e. The van der Waals surface area contributed by atoms with Crippen LogP contribution in [0.3, 0.4) is 0 Å². The van der Waals surface area contributed by atoms with Crippen LogP contribution in [0.15, 0.2) is 41.3 Å². The Bertz CT molecular complexity index is 1140. The smallest absolute Gasteiger partial charge is 0.254 e. The van der Waals surface area contributed by atoms with Crippen molar-refractivity contribution >= 4 is 15.9 Å². The third kappa shape index (κ3) is 4.86. The van der Waals surface area contributed by atoms with Crippen molar-refractivity contribution in [3.63, 3.8) is 0 Å². The lowest BCUT2D eigenvalue weighted by Crippen LogP contribution is -2.33. The molecule has 1 heterocycles. The fraction of sp³-hybridized carbons (Fsp3) is 0.480. The van der Waals surface area contributed by atoms with Crippen LogP contribution in [0.2, 0.25) is 0 Å². The van der Waals surface area contributed by atoms with Gasteiger partial charge in [0.1, 0.15) is 22.1 Å². The maximum atomic E-state index is 13.6. The molecule has 0 bridgehead atoms. The van der Waals surface area contributed by atoms with Crippen molar-refractivity contribution in [2.45, 2.75) is 55.5 Å². The zero-order valence-corrected chi connectivity index (χ0v) is 20.7. The van der Waals surface area contributed by atoms with Gasteiger partial charge in [-0.15, -0.1) is 0 Å². The average molecular weight is 489 g/mol. The van der Waals surface area contributed by atoms with Crippen LogP contribution in [0.5, 0.6) is 17.2 Å². The van der Waals surface area contributed by atoms with Crippen molar-refractivity contribution in [3.05, 3.63) is 47.5 Å². The minimum absolute atomic E-state index is 0.0116. The second-order valence-electron chi connectivity index (χ2n) is 8.73. The molecule has 1 saturated carbocycles. The highest BCUT2D eigenvalue weighted by Gasteiger charge is 2.34. The molecule has 1 saturated heterocycles. The monoisotopic (exact) mass is 488 g/mol. The fourth-order valence-electron chi connectivity index (χ4n) is 4.95. The maximum absolute atomic E-state index is 13.6. The van der Waals surface area contributed by atoms with Crippen LogP contribution in [-0.4, -0.2) is 53.1 Å². The summed E-state index contributed by atoms with van der Waals surface area (Å²) in [5, 5.41) is 0. The third-order valence-corrected chi connectivity index (χ3v) is 8.23. The van der Waals surface area contributed by atoms with Gasteiger partial charge in [-0.1, -0.05) is 12.8 Å². The summed E-state index contributed by atoms with van der Waals surface area (Å²) in [7, 11) is 0.795. The van der Waals surface area contributed by atoms with Crippen molar-refractivity contribution in [3.8, 4) is 17.2 Å². The van der Waals surface area contributed by atoms with Gasteiger partial charge in [-0.25, -0.2) is 13.1 Å². The molecule has 2 fully saturated rings. The lowest BCUT2D eigenvalue weighted by atomic mass is 10.0. The van der Waals surface area contributed by atoms with Crippen molar-refractivity contribution in [1.82, 2.24) is 9.62 Å². The Kier molecular flexibility index (Phi) is 7.33. The Balaban J connectivity index is 1.66. The largest absolute Gasteiger partial charge is 0.497 e. The topological polar surface area (TPSA) is 94.2 Å². The number of likely N-dealkylation sites (tertiary alicyclic amines) is 1. The number of rotatable bonds is 8. The highest BCUT2D eigenvalue weighted by molar-refractivity contribution is 7.89. The number of carbonyl (C=O) groups excluding carboxylic acids is 1. The average Bonchev–Trinajstić information content (AvgIpc) is 3.54.